The Kier molecular flexibility index (Phi) is 4.53. The summed E-state index contributed by atoms with van der Waals surface area (Å²) in [6.07, 6.45) is 1.49. The summed E-state index contributed by atoms with van der Waals surface area (Å²) in [4.78, 5) is 41.4. The van der Waals surface area contributed by atoms with Crippen molar-refractivity contribution >= 4 is 28.5 Å². The molecule has 0 atom stereocenters. The van der Waals surface area contributed by atoms with Crippen molar-refractivity contribution in [3.8, 4) is 0 Å². The minimum atomic E-state index is -0.662. The van der Waals surface area contributed by atoms with E-state index in [1.54, 1.807) is 34.9 Å². The van der Waals surface area contributed by atoms with Gasteiger partial charge in [-0.2, -0.15) is 0 Å². The quantitative estimate of drug-likeness (QED) is 0.751. The Labute approximate surface area is 149 Å². The van der Waals surface area contributed by atoms with Crippen LogP contribution in [0.25, 0.3) is 11.0 Å². The van der Waals surface area contributed by atoms with Crippen LogP contribution >= 0.6 is 0 Å². The molecule has 2 heterocycles. The van der Waals surface area contributed by atoms with E-state index in [0.29, 0.717) is 17.6 Å². The Morgan fingerprint density at radius 2 is 1.88 bits per heavy atom. The van der Waals surface area contributed by atoms with Crippen molar-refractivity contribution in [2.24, 2.45) is 5.73 Å². The minimum Gasteiger partial charge on any atom is -0.366 e. The molecule has 3 rings (SSSR count). The zero-order valence-electron chi connectivity index (χ0n) is 14.4. The number of carbonyl (C=O) groups is 2. The lowest BCUT2D eigenvalue weighted by atomic mass is 10.1. The van der Waals surface area contributed by atoms with Gasteiger partial charge in [-0.3, -0.25) is 14.4 Å². The molecule has 0 aliphatic heterocycles. The van der Waals surface area contributed by atoms with E-state index in [1.807, 2.05) is 13.8 Å². The molecule has 2 amide bonds. The number of carbonyl (C=O) groups excluding carboxylic acids is 2. The fourth-order valence-electron chi connectivity index (χ4n) is 2.76. The van der Waals surface area contributed by atoms with Crippen LogP contribution in [0.5, 0.6) is 0 Å². The first-order valence-corrected chi connectivity index (χ1v) is 8.13. The van der Waals surface area contributed by atoms with Crippen LogP contribution in [0.2, 0.25) is 0 Å². The number of nitrogens with one attached hydrogen (secondary N) is 1. The zero-order valence-corrected chi connectivity index (χ0v) is 14.4. The number of amides is 2. The predicted molar refractivity (Wildman–Crippen MR) is 99.3 cm³/mol. The second-order valence-electron chi connectivity index (χ2n) is 5.85. The van der Waals surface area contributed by atoms with Crippen molar-refractivity contribution in [1.82, 2.24) is 9.55 Å². The Bertz CT molecular complexity index is 1090. The zero-order chi connectivity index (χ0) is 18.8. The van der Waals surface area contributed by atoms with Crippen molar-refractivity contribution in [2.45, 2.75) is 20.4 Å². The van der Waals surface area contributed by atoms with Crippen LogP contribution in [0.1, 0.15) is 33.3 Å². The van der Waals surface area contributed by atoms with E-state index in [9.17, 15) is 14.4 Å². The Morgan fingerprint density at radius 1 is 1.15 bits per heavy atom. The number of aryl methyl sites for hydroxylation is 2. The predicted octanol–water partition coefficient (Wildman–Crippen LogP) is 2.08. The van der Waals surface area contributed by atoms with Gasteiger partial charge in [-0.1, -0.05) is 12.1 Å². The second kappa shape index (κ2) is 6.79. The topological polar surface area (TPSA) is 107 Å². The van der Waals surface area contributed by atoms with Crippen LogP contribution in [0, 0.1) is 6.92 Å². The Balaban J connectivity index is 2.10. The van der Waals surface area contributed by atoms with Gasteiger partial charge in [0.15, 0.2) is 0 Å². The van der Waals surface area contributed by atoms with Gasteiger partial charge in [0.05, 0.1) is 16.6 Å². The van der Waals surface area contributed by atoms with E-state index in [0.717, 1.165) is 5.69 Å². The van der Waals surface area contributed by atoms with Crippen molar-refractivity contribution in [2.75, 3.05) is 5.32 Å². The molecule has 0 aliphatic carbocycles. The smallest absolute Gasteiger partial charge is 0.261 e. The standard InChI is InChI=1S/C19H18N4O3/c1-3-23-10-14(16(24)13-9-8-11(2)21-18(13)23)19(26)22-15-7-5-4-6-12(15)17(20)25/h4-10H,3H2,1-2H3,(H2,20,25)(H,22,26). The highest BCUT2D eigenvalue weighted by molar-refractivity contribution is 6.09. The minimum absolute atomic E-state index is 0.0238. The van der Waals surface area contributed by atoms with Gasteiger partial charge in [-0.25, -0.2) is 4.98 Å². The van der Waals surface area contributed by atoms with Gasteiger partial charge in [-0.05, 0) is 38.1 Å². The molecule has 0 bridgehead atoms. The van der Waals surface area contributed by atoms with E-state index in [1.165, 1.54) is 12.3 Å². The van der Waals surface area contributed by atoms with Crippen LogP contribution in [0.3, 0.4) is 0 Å². The molecular formula is C19H18N4O3. The molecule has 3 N–H and O–H groups in total. The fourth-order valence-corrected chi connectivity index (χ4v) is 2.76. The number of primary amides is 1. The number of nitrogens with zero attached hydrogens (tertiary/aromatic N) is 2. The molecule has 0 unspecified atom stereocenters. The maximum Gasteiger partial charge on any atom is 0.261 e. The van der Waals surface area contributed by atoms with Gasteiger partial charge in [-0.15, -0.1) is 0 Å². The van der Waals surface area contributed by atoms with Gasteiger partial charge in [0.1, 0.15) is 11.2 Å². The number of para-hydroxylation sites is 1. The molecule has 2 aromatic heterocycles. The molecule has 7 heteroatoms. The van der Waals surface area contributed by atoms with Crippen LogP contribution in [0.15, 0.2) is 47.4 Å². The van der Waals surface area contributed by atoms with Gasteiger partial charge in [0.25, 0.3) is 11.8 Å². The molecule has 0 saturated carbocycles. The van der Waals surface area contributed by atoms with Crippen LogP contribution < -0.4 is 16.5 Å². The summed E-state index contributed by atoms with van der Waals surface area (Å²) in [5.41, 5.74) is 6.65. The number of anilines is 1. The molecule has 0 spiro atoms. The summed E-state index contributed by atoms with van der Waals surface area (Å²) in [6.45, 7) is 4.29. The first-order valence-electron chi connectivity index (χ1n) is 8.13. The summed E-state index contributed by atoms with van der Waals surface area (Å²) in [5.74, 6) is -1.27. The van der Waals surface area contributed by atoms with E-state index in [4.69, 9.17) is 5.73 Å². The SMILES string of the molecule is CCn1cc(C(=O)Nc2ccccc2C(N)=O)c(=O)c2ccc(C)nc21. The molecule has 3 aromatic rings. The average Bonchev–Trinajstić information content (AvgIpc) is 2.62. The molecule has 0 saturated heterocycles. The van der Waals surface area contributed by atoms with Crippen LogP contribution in [-0.4, -0.2) is 21.4 Å². The summed E-state index contributed by atoms with van der Waals surface area (Å²) >= 11 is 0. The van der Waals surface area contributed by atoms with E-state index in [-0.39, 0.29) is 16.8 Å². The van der Waals surface area contributed by atoms with Gasteiger partial charge >= 0.3 is 0 Å². The third kappa shape index (κ3) is 3.06. The van der Waals surface area contributed by atoms with Crippen molar-refractivity contribution in [3.05, 3.63) is 69.6 Å². The van der Waals surface area contributed by atoms with E-state index < -0.39 is 17.2 Å². The number of nitrogens with two attached hydrogens (primary N) is 1. The number of benzene rings is 1. The van der Waals surface area contributed by atoms with E-state index >= 15 is 0 Å². The van der Waals surface area contributed by atoms with Crippen LogP contribution in [0.4, 0.5) is 5.69 Å². The van der Waals surface area contributed by atoms with Crippen molar-refractivity contribution in [1.29, 1.82) is 0 Å². The maximum atomic E-state index is 12.8. The first-order chi connectivity index (χ1) is 12.4. The van der Waals surface area contributed by atoms with Gasteiger partial charge in [0, 0.05) is 18.4 Å². The van der Waals surface area contributed by atoms with E-state index in [2.05, 4.69) is 10.3 Å². The lowest BCUT2D eigenvalue weighted by molar-refractivity contribution is 0.100. The summed E-state index contributed by atoms with van der Waals surface area (Å²) < 4.78 is 1.75. The van der Waals surface area contributed by atoms with Crippen LogP contribution in [-0.2, 0) is 6.54 Å². The van der Waals surface area contributed by atoms with Gasteiger partial charge in [0.2, 0.25) is 5.43 Å². The molecule has 132 valence electrons. The Hall–Kier alpha value is -3.48. The largest absolute Gasteiger partial charge is 0.366 e. The van der Waals surface area contributed by atoms with Crippen molar-refractivity contribution in [3.63, 3.8) is 0 Å². The summed E-state index contributed by atoms with van der Waals surface area (Å²) in [6, 6.07) is 9.77. The lowest BCUT2D eigenvalue weighted by Crippen LogP contribution is -2.25. The third-order valence-electron chi connectivity index (χ3n) is 4.09. The maximum absolute atomic E-state index is 12.8. The highest BCUT2D eigenvalue weighted by Gasteiger charge is 2.18. The number of rotatable bonds is 4. The molecule has 0 fully saturated rings. The number of hydrogen-bond acceptors (Lipinski definition) is 4. The number of hydrogen-bond donors (Lipinski definition) is 2. The second-order valence-corrected chi connectivity index (χ2v) is 5.85. The van der Waals surface area contributed by atoms with Gasteiger partial charge < -0.3 is 15.6 Å². The summed E-state index contributed by atoms with van der Waals surface area (Å²) in [5, 5.41) is 2.97. The monoisotopic (exact) mass is 350 g/mol. The third-order valence-corrected chi connectivity index (χ3v) is 4.09. The average molecular weight is 350 g/mol. The molecule has 0 radical (unpaired) electrons. The van der Waals surface area contributed by atoms with Crippen molar-refractivity contribution < 1.29 is 9.59 Å². The first kappa shape index (κ1) is 17.3. The fraction of sp³-hybridized carbons (Fsp3) is 0.158. The normalized spacial score (nSPS) is 10.7. The molecule has 1 aromatic carbocycles. The highest BCUT2D eigenvalue weighted by Crippen LogP contribution is 2.16. The number of aromatic nitrogens is 2. The number of fused-ring (bicyclic) bond motifs is 1. The number of pyridine rings is 2. The lowest BCUT2D eigenvalue weighted by Gasteiger charge is -2.12. The molecular weight excluding hydrogens is 332 g/mol. The Morgan fingerprint density at radius 3 is 2.58 bits per heavy atom. The molecule has 7 nitrogen and oxygen atoms in total. The summed E-state index contributed by atoms with van der Waals surface area (Å²) in [7, 11) is 0. The highest BCUT2D eigenvalue weighted by atomic mass is 16.2. The molecule has 26 heavy (non-hydrogen) atoms. The molecule has 0 aliphatic rings.